The van der Waals surface area contributed by atoms with Crippen molar-refractivity contribution in [2.75, 3.05) is 6.54 Å². The summed E-state index contributed by atoms with van der Waals surface area (Å²) in [5.41, 5.74) is 3.60. The minimum atomic E-state index is -4.40. The van der Waals surface area contributed by atoms with Crippen LogP contribution >= 0.6 is 0 Å². The lowest BCUT2D eigenvalue weighted by molar-refractivity contribution is -0.187. The Bertz CT molecular complexity index is 1570. The number of benzene rings is 4. The van der Waals surface area contributed by atoms with Crippen LogP contribution in [-0.2, 0) is 12.5 Å². The SMILES string of the molecule is N=CC(CN)CCc1ccc(-c2ccc(C(F)(F)Oc3cc(F)c(-c4ccc(F)c(F)c4)c(F)c3)c(F)c2)c(F)c1. The molecule has 0 spiro atoms. The van der Waals surface area contributed by atoms with E-state index in [4.69, 9.17) is 11.1 Å². The van der Waals surface area contributed by atoms with Gasteiger partial charge in [-0.2, -0.15) is 8.78 Å². The monoisotopic (exact) mass is 578 g/mol. The first kappa shape index (κ1) is 29.7. The van der Waals surface area contributed by atoms with Gasteiger partial charge in [0.1, 0.15) is 29.0 Å². The molecule has 4 aromatic rings. The third kappa shape index (κ3) is 6.57. The minimum absolute atomic E-state index is 0.0431. The van der Waals surface area contributed by atoms with Crippen LogP contribution in [0, 0.1) is 46.2 Å². The number of hydrogen-bond acceptors (Lipinski definition) is 3. The number of nitrogens with two attached hydrogens (primary N) is 1. The maximum atomic E-state index is 14.9. The largest absolute Gasteiger partial charge is 0.429 e. The number of rotatable bonds is 10. The maximum absolute atomic E-state index is 14.9. The molecule has 11 heteroatoms. The fraction of sp³-hybridized carbons (Fsp3) is 0.167. The summed E-state index contributed by atoms with van der Waals surface area (Å²) in [6.07, 6.45) is -2.22. The van der Waals surface area contributed by atoms with Gasteiger partial charge in [-0.15, -0.1) is 0 Å². The van der Waals surface area contributed by atoms with Crippen molar-refractivity contribution in [2.45, 2.75) is 19.0 Å². The molecule has 0 bridgehead atoms. The average molecular weight is 579 g/mol. The first-order valence-electron chi connectivity index (χ1n) is 12.2. The van der Waals surface area contributed by atoms with Crippen LogP contribution < -0.4 is 10.5 Å². The maximum Gasteiger partial charge on any atom is 0.429 e. The highest BCUT2D eigenvalue weighted by Crippen LogP contribution is 2.38. The van der Waals surface area contributed by atoms with Crippen LogP contribution in [0.15, 0.2) is 66.7 Å². The molecule has 0 saturated carbocycles. The summed E-state index contributed by atoms with van der Waals surface area (Å²) in [6, 6.07) is 9.45. The third-order valence-electron chi connectivity index (χ3n) is 6.44. The van der Waals surface area contributed by atoms with Gasteiger partial charge in [0.2, 0.25) is 0 Å². The Morgan fingerprint density at radius 2 is 1.39 bits per heavy atom. The van der Waals surface area contributed by atoms with E-state index >= 15 is 0 Å². The van der Waals surface area contributed by atoms with Crippen molar-refractivity contribution >= 4 is 6.21 Å². The molecule has 0 heterocycles. The van der Waals surface area contributed by atoms with E-state index in [1.54, 1.807) is 6.07 Å². The summed E-state index contributed by atoms with van der Waals surface area (Å²) in [6.45, 7) is 0.274. The number of halogens is 8. The van der Waals surface area contributed by atoms with Crippen LogP contribution in [-0.4, -0.2) is 12.8 Å². The second-order valence-electron chi connectivity index (χ2n) is 9.22. The van der Waals surface area contributed by atoms with Gasteiger partial charge in [-0.05, 0) is 66.1 Å². The van der Waals surface area contributed by atoms with Crippen molar-refractivity contribution in [3.05, 3.63) is 113 Å². The number of ether oxygens (including phenoxy) is 1. The van der Waals surface area contributed by atoms with Gasteiger partial charge in [-0.3, -0.25) is 0 Å². The lowest BCUT2D eigenvalue weighted by Gasteiger charge is -2.20. The molecule has 1 atom stereocenters. The zero-order valence-corrected chi connectivity index (χ0v) is 21.1. The summed E-state index contributed by atoms with van der Waals surface area (Å²) in [7, 11) is 0. The summed E-state index contributed by atoms with van der Waals surface area (Å²) >= 11 is 0. The molecular formula is C30H22F8N2O. The van der Waals surface area contributed by atoms with E-state index < -0.39 is 57.9 Å². The van der Waals surface area contributed by atoms with Crippen LogP contribution in [0.25, 0.3) is 22.3 Å². The third-order valence-corrected chi connectivity index (χ3v) is 6.44. The van der Waals surface area contributed by atoms with Crippen molar-refractivity contribution in [1.29, 1.82) is 5.41 Å². The average Bonchev–Trinajstić information content (AvgIpc) is 2.90. The summed E-state index contributed by atoms with van der Waals surface area (Å²) in [5.74, 6) is -8.78. The first-order valence-corrected chi connectivity index (χ1v) is 12.2. The van der Waals surface area contributed by atoms with Crippen LogP contribution in [0.2, 0.25) is 0 Å². The molecule has 0 saturated heterocycles. The van der Waals surface area contributed by atoms with Crippen molar-refractivity contribution < 1.29 is 39.9 Å². The Hall–Kier alpha value is -4.25. The van der Waals surface area contributed by atoms with E-state index in [0.29, 0.717) is 54.8 Å². The Labute approximate surface area is 229 Å². The molecule has 0 radical (unpaired) electrons. The number of nitrogens with one attached hydrogen (secondary N) is 1. The highest BCUT2D eigenvalue weighted by Gasteiger charge is 2.38. The van der Waals surface area contributed by atoms with Gasteiger partial charge in [0.15, 0.2) is 11.6 Å². The number of alkyl halides is 2. The molecule has 214 valence electrons. The van der Waals surface area contributed by atoms with Crippen molar-refractivity contribution in [2.24, 2.45) is 11.7 Å². The first-order chi connectivity index (χ1) is 19.4. The zero-order chi connectivity index (χ0) is 29.9. The molecule has 0 aliphatic heterocycles. The van der Waals surface area contributed by atoms with Crippen LogP contribution in [0.3, 0.4) is 0 Å². The fourth-order valence-electron chi connectivity index (χ4n) is 4.23. The number of aryl methyl sites for hydroxylation is 1. The van der Waals surface area contributed by atoms with Gasteiger partial charge in [0, 0.05) is 30.2 Å². The standard InChI is InChI=1S/C30H22F8N2O/c31-23-8-5-19(11-26(23)34)29-27(35)12-20(13-28(29)36)41-30(37,38)22-7-4-18(10-25(22)33)21-6-3-16(9-24(21)32)1-2-17(14-39)15-40/h3-14,17,39H,1-2,15,40H2. The van der Waals surface area contributed by atoms with E-state index in [9.17, 15) is 35.1 Å². The fourth-order valence-corrected chi connectivity index (χ4v) is 4.23. The van der Waals surface area contributed by atoms with Crippen molar-refractivity contribution in [3.8, 4) is 28.0 Å². The molecule has 0 amide bonds. The molecular weight excluding hydrogens is 556 g/mol. The molecule has 4 rings (SSSR count). The lowest BCUT2D eigenvalue weighted by atomic mass is 9.97. The van der Waals surface area contributed by atoms with Crippen molar-refractivity contribution in [1.82, 2.24) is 0 Å². The second kappa shape index (κ2) is 12.1. The zero-order valence-electron chi connectivity index (χ0n) is 21.1. The lowest BCUT2D eigenvalue weighted by Crippen LogP contribution is -2.23. The summed E-state index contributed by atoms with van der Waals surface area (Å²) < 4.78 is 120. The molecule has 0 fully saturated rings. The Morgan fingerprint density at radius 1 is 0.732 bits per heavy atom. The highest BCUT2D eigenvalue weighted by atomic mass is 19.3. The van der Waals surface area contributed by atoms with E-state index in [-0.39, 0.29) is 29.2 Å². The molecule has 0 aliphatic rings. The molecule has 0 aromatic heterocycles. The van der Waals surface area contributed by atoms with Gasteiger partial charge in [0.25, 0.3) is 0 Å². The quantitative estimate of drug-likeness (QED) is 0.147. The molecule has 41 heavy (non-hydrogen) atoms. The second-order valence-corrected chi connectivity index (χ2v) is 9.22. The van der Waals surface area contributed by atoms with E-state index in [0.717, 1.165) is 12.1 Å². The predicted octanol–water partition coefficient (Wildman–Crippen LogP) is 8.14. The molecule has 4 aromatic carbocycles. The smallest absolute Gasteiger partial charge is 0.429 e. The van der Waals surface area contributed by atoms with E-state index in [1.165, 1.54) is 18.3 Å². The minimum Gasteiger partial charge on any atom is -0.429 e. The topological polar surface area (TPSA) is 59.1 Å². The predicted molar refractivity (Wildman–Crippen MR) is 138 cm³/mol. The Kier molecular flexibility index (Phi) is 8.77. The van der Waals surface area contributed by atoms with Gasteiger partial charge >= 0.3 is 6.11 Å². The Morgan fingerprint density at radius 3 is 1.98 bits per heavy atom. The van der Waals surface area contributed by atoms with Crippen molar-refractivity contribution in [3.63, 3.8) is 0 Å². The van der Waals surface area contributed by atoms with E-state index in [2.05, 4.69) is 4.74 Å². The molecule has 3 nitrogen and oxygen atoms in total. The van der Waals surface area contributed by atoms with Gasteiger partial charge in [-0.1, -0.05) is 24.3 Å². The van der Waals surface area contributed by atoms with E-state index in [1.807, 2.05) is 0 Å². The van der Waals surface area contributed by atoms with Gasteiger partial charge in [-0.25, -0.2) is 26.3 Å². The molecule has 3 N–H and O–H groups in total. The molecule has 0 aliphatic carbocycles. The Balaban J connectivity index is 1.55. The summed E-state index contributed by atoms with van der Waals surface area (Å²) in [5, 5.41) is 7.30. The van der Waals surface area contributed by atoms with Crippen LogP contribution in [0.4, 0.5) is 35.1 Å². The molecule has 1 unspecified atom stereocenters. The highest BCUT2D eigenvalue weighted by molar-refractivity contribution is 5.67. The normalized spacial score (nSPS) is 12.3. The van der Waals surface area contributed by atoms with Gasteiger partial charge in [0.05, 0.1) is 11.1 Å². The van der Waals surface area contributed by atoms with Crippen LogP contribution in [0.5, 0.6) is 5.75 Å². The van der Waals surface area contributed by atoms with Crippen LogP contribution in [0.1, 0.15) is 17.5 Å². The van der Waals surface area contributed by atoms with Gasteiger partial charge < -0.3 is 15.9 Å². The number of hydrogen-bond donors (Lipinski definition) is 2. The summed E-state index contributed by atoms with van der Waals surface area (Å²) in [4.78, 5) is 0.